The standard InChI is InChI=1S/C33H31Cl2N5O4/c34-28-8-3-24(15-29(28)35)18-37-26-5-10-32(38-19-26)44-27-6-1-23(2-7-27)17-36-20-33(41)40-13-11-39(12-14-40)21-25-4-9-30-31(16-25)43-22-42-30/h1-10,15-16,18-19,36H,11-14,17,20-22H2. The van der Waals surface area contributed by atoms with Gasteiger partial charge in [-0.3, -0.25) is 14.7 Å². The summed E-state index contributed by atoms with van der Waals surface area (Å²) in [5, 5.41) is 4.25. The van der Waals surface area contributed by atoms with Crippen LogP contribution in [0.5, 0.6) is 23.1 Å². The van der Waals surface area contributed by atoms with Gasteiger partial charge in [-0.25, -0.2) is 4.98 Å². The van der Waals surface area contributed by atoms with Crippen molar-refractivity contribution in [3.63, 3.8) is 0 Å². The van der Waals surface area contributed by atoms with Gasteiger partial charge in [0, 0.05) is 51.5 Å². The predicted octanol–water partition coefficient (Wildman–Crippen LogP) is 6.09. The van der Waals surface area contributed by atoms with Crippen LogP contribution in [-0.2, 0) is 17.9 Å². The molecule has 44 heavy (non-hydrogen) atoms. The number of hydrogen-bond donors (Lipinski definition) is 1. The second-order valence-corrected chi connectivity index (χ2v) is 11.3. The Balaban J connectivity index is 0.902. The van der Waals surface area contributed by atoms with E-state index in [9.17, 15) is 4.79 Å². The third kappa shape index (κ3) is 7.86. The van der Waals surface area contributed by atoms with Crippen LogP contribution in [0.2, 0.25) is 10.0 Å². The molecule has 1 amide bonds. The molecule has 11 heteroatoms. The largest absolute Gasteiger partial charge is 0.454 e. The number of carbonyl (C=O) groups is 1. The first-order valence-electron chi connectivity index (χ1n) is 14.3. The van der Waals surface area contributed by atoms with Gasteiger partial charge >= 0.3 is 0 Å². The van der Waals surface area contributed by atoms with Gasteiger partial charge in [-0.05, 0) is 59.2 Å². The lowest BCUT2D eigenvalue weighted by Gasteiger charge is -2.34. The number of benzene rings is 3. The molecule has 0 radical (unpaired) electrons. The molecule has 1 N–H and O–H groups in total. The number of ether oxygens (including phenoxy) is 3. The van der Waals surface area contributed by atoms with Crippen LogP contribution in [0.1, 0.15) is 16.7 Å². The summed E-state index contributed by atoms with van der Waals surface area (Å²) in [6, 6.07) is 22.7. The molecule has 226 valence electrons. The fourth-order valence-electron chi connectivity index (χ4n) is 4.93. The zero-order valence-corrected chi connectivity index (χ0v) is 25.4. The summed E-state index contributed by atoms with van der Waals surface area (Å²) in [5.41, 5.74) is 3.76. The molecule has 0 saturated carbocycles. The van der Waals surface area contributed by atoms with Crippen LogP contribution < -0.4 is 19.5 Å². The molecule has 1 fully saturated rings. The molecule has 0 bridgehead atoms. The molecule has 1 saturated heterocycles. The van der Waals surface area contributed by atoms with Gasteiger partial charge in [-0.1, -0.05) is 47.5 Å². The number of fused-ring (bicyclic) bond motifs is 1. The van der Waals surface area contributed by atoms with Crippen molar-refractivity contribution in [2.24, 2.45) is 4.99 Å². The predicted molar refractivity (Wildman–Crippen MR) is 171 cm³/mol. The Bertz CT molecular complexity index is 1620. The number of aliphatic imine (C=N–C) groups is 1. The van der Waals surface area contributed by atoms with Crippen molar-refractivity contribution in [1.82, 2.24) is 20.1 Å². The summed E-state index contributed by atoms with van der Waals surface area (Å²) in [4.78, 5) is 25.8. The van der Waals surface area contributed by atoms with Gasteiger partial charge < -0.3 is 24.4 Å². The van der Waals surface area contributed by atoms with E-state index in [1.807, 2.05) is 53.4 Å². The molecule has 9 nitrogen and oxygen atoms in total. The average molecular weight is 633 g/mol. The van der Waals surface area contributed by atoms with Crippen molar-refractivity contribution in [1.29, 1.82) is 0 Å². The summed E-state index contributed by atoms with van der Waals surface area (Å²) in [7, 11) is 0. The van der Waals surface area contributed by atoms with Crippen LogP contribution in [0, 0.1) is 0 Å². The molecule has 0 aliphatic carbocycles. The number of pyridine rings is 1. The number of nitrogens with zero attached hydrogens (tertiary/aromatic N) is 4. The number of amides is 1. The zero-order valence-electron chi connectivity index (χ0n) is 23.9. The minimum absolute atomic E-state index is 0.114. The zero-order chi connectivity index (χ0) is 30.3. The summed E-state index contributed by atoms with van der Waals surface area (Å²) < 4.78 is 16.8. The summed E-state index contributed by atoms with van der Waals surface area (Å²) >= 11 is 12.0. The molecular weight excluding hydrogens is 601 g/mol. The third-order valence-corrected chi connectivity index (χ3v) is 8.09. The molecule has 3 heterocycles. The SMILES string of the molecule is O=C(CNCc1ccc(Oc2ccc(N=Cc3ccc(Cl)c(Cl)c3)cn2)cc1)N1CCN(Cc2ccc3c(c2)OCO3)CC1. The van der Waals surface area contributed by atoms with E-state index in [1.165, 1.54) is 5.56 Å². The quantitative estimate of drug-likeness (QED) is 0.212. The summed E-state index contributed by atoms with van der Waals surface area (Å²) in [6.07, 6.45) is 3.34. The molecule has 0 spiro atoms. The number of piperazine rings is 1. The molecule has 2 aliphatic heterocycles. The highest BCUT2D eigenvalue weighted by Crippen LogP contribution is 2.33. The highest BCUT2D eigenvalue weighted by atomic mass is 35.5. The van der Waals surface area contributed by atoms with Gasteiger partial charge in [-0.15, -0.1) is 0 Å². The van der Waals surface area contributed by atoms with Gasteiger partial charge in [0.2, 0.25) is 18.6 Å². The summed E-state index contributed by atoms with van der Waals surface area (Å²) in [6.45, 7) is 5.10. The number of halogens is 2. The third-order valence-electron chi connectivity index (χ3n) is 7.35. The number of nitrogens with one attached hydrogen (secondary N) is 1. The first kappa shape index (κ1) is 29.9. The number of hydrogen-bond acceptors (Lipinski definition) is 8. The highest BCUT2D eigenvalue weighted by Gasteiger charge is 2.22. The highest BCUT2D eigenvalue weighted by molar-refractivity contribution is 6.42. The lowest BCUT2D eigenvalue weighted by atomic mass is 10.1. The van der Waals surface area contributed by atoms with E-state index in [-0.39, 0.29) is 12.7 Å². The second kappa shape index (κ2) is 14.1. The van der Waals surface area contributed by atoms with Gasteiger partial charge in [0.1, 0.15) is 5.75 Å². The Morgan fingerprint density at radius 3 is 2.48 bits per heavy atom. The van der Waals surface area contributed by atoms with Gasteiger partial charge in [-0.2, -0.15) is 0 Å². The monoisotopic (exact) mass is 631 g/mol. The molecule has 1 aromatic heterocycles. The van der Waals surface area contributed by atoms with Crippen molar-refractivity contribution in [3.8, 4) is 23.1 Å². The van der Waals surface area contributed by atoms with Crippen LogP contribution >= 0.6 is 23.2 Å². The van der Waals surface area contributed by atoms with Gasteiger partial charge in [0.15, 0.2) is 11.5 Å². The number of rotatable bonds is 10. The van der Waals surface area contributed by atoms with Crippen molar-refractivity contribution in [2.45, 2.75) is 13.1 Å². The lowest BCUT2D eigenvalue weighted by molar-refractivity contribution is -0.132. The van der Waals surface area contributed by atoms with Crippen molar-refractivity contribution in [3.05, 3.63) is 106 Å². The molecule has 4 aromatic rings. The van der Waals surface area contributed by atoms with Crippen LogP contribution in [0.15, 0.2) is 84.0 Å². The minimum Gasteiger partial charge on any atom is -0.454 e. The topological polar surface area (TPSA) is 88.5 Å². The Hall–Kier alpha value is -4.15. The number of aromatic nitrogens is 1. The Labute approximate surface area is 266 Å². The molecule has 6 rings (SSSR count). The normalized spacial score (nSPS) is 14.7. The maximum Gasteiger partial charge on any atom is 0.236 e. The second-order valence-electron chi connectivity index (χ2n) is 10.5. The van der Waals surface area contributed by atoms with Crippen LogP contribution in [-0.4, -0.2) is 66.4 Å². The van der Waals surface area contributed by atoms with E-state index >= 15 is 0 Å². The smallest absolute Gasteiger partial charge is 0.236 e. The maximum atomic E-state index is 12.8. The summed E-state index contributed by atoms with van der Waals surface area (Å²) in [5.74, 6) is 2.85. The van der Waals surface area contributed by atoms with E-state index in [4.69, 9.17) is 37.4 Å². The fraction of sp³-hybridized carbons (Fsp3) is 0.242. The first-order valence-corrected chi connectivity index (χ1v) is 15.1. The fourth-order valence-corrected chi connectivity index (χ4v) is 5.23. The molecule has 0 unspecified atom stereocenters. The van der Waals surface area contributed by atoms with Crippen molar-refractivity contribution >= 4 is 41.0 Å². The lowest BCUT2D eigenvalue weighted by Crippen LogP contribution is -2.50. The van der Waals surface area contributed by atoms with E-state index in [0.717, 1.165) is 55.3 Å². The molecule has 0 atom stereocenters. The number of carbonyl (C=O) groups excluding carboxylic acids is 1. The van der Waals surface area contributed by atoms with Crippen LogP contribution in [0.3, 0.4) is 0 Å². The van der Waals surface area contributed by atoms with E-state index in [0.29, 0.717) is 40.5 Å². The van der Waals surface area contributed by atoms with E-state index < -0.39 is 0 Å². The van der Waals surface area contributed by atoms with E-state index in [1.54, 1.807) is 30.6 Å². The minimum atomic E-state index is 0.114. The average Bonchev–Trinajstić information content (AvgIpc) is 3.52. The van der Waals surface area contributed by atoms with Crippen LogP contribution in [0.25, 0.3) is 0 Å². The maximum absolute atomic E-state index is 12.8. The van der Waals surface area contributed by atoms with E-state index in [2.05, 4.69) is 26.3 Å². The van der Waals surface area contributed by atoms with Crippen molar-refractivity contribution in [2.75, 3.05) is 39.5 Å². The Kier molecular flexibility index (Phi) is 9.58. The molecule has 2 aliphatic rings. The molecule has 3 aromatic carbocycles. The first-order chi connectivity index (χ1) is 21.5. The van der Waals surface area contributed by atoms with Gasteiger partial charge in [0.25, 0.3) is 0 Å². The Morgan fingerprint density at radius 2 is 1.70 bits per heavy atom. The van der Waals surface area contributed by atoms with Crippen LogP contribution in [0.4, 0.5) is 5.69 Å². The van der Waals surface area contributed by atoms with Crippen molar-refractivity contribution < 1.29 is 19.0 Å². The van der Waals surface area contributed by atoms with Gasteiger partial charge in [0.05, 0.1) is 28.5 Å². The Morgan fingerprint density at radius 1 is 0.909 bits per heavy atom. The molecular formula is C33H31Cl2N5O4.